The summed E-state index contributed by atoms with van der Waals surface area (Å²) in [5, 5.41) is 16.9. The molecule has 0 aromatic rings. The first kappa shape index (κ1) is 22.4. The van der Waals surface area contributed by atoms with Crippen molar-refractivity contribution in [1.29, 1.82) is 0 Å². The largest absolute Gasteiger partial charge is 0.395 e. The number of carbonyl (C=O) groups excluding carboxylic acids is 5. The Bertz CT molecular complexity index is 910. The SMILES string of the molecule is CCC1=C2CC[C@H]3C(=O)NC(=O)[C@H]3[C@H]2[C@@](C)(C(=O)NCC2CC2)N(C(=O)NCCO)C1=O. The number of aliphatic hydroxyl groups excluding tert-OH is 1. The van der Waals surface area contributed by atoms with E-state index in [0.717, 1.165) is 17.7 Å². The Kier molecular flexibility index (Phi) is 5.83. The van der Waals surface area contributed by atoms with E-state index in [9.17, 15) is 24.0 Å². The lowest BCUT2D eigenvalue weighted by Crippen LogP contribution is -2.71. The van der Waals surface area contributed by atoms with Crippen molar-refractivity contribution in [2.45, 2.75) is 51.5 Å². The summed E-state index contributed by atoms with van der Waals surface area (Å²) in [6.07, 6.45) is 3.18. The highest BCUT2D eigenvalue weighted by molar-refractivity contribution is 6.12. The molecule has 6 amide bonds. The predicted molar refractivity (Wildman–Crippen MR) is 112 cm³/mol. The van der Waals surface area contributed by atoms with Gasteiger partial charge in [-0.05, 0) is 44.9 Å². The van der Waals surface area contributed by atoms with Crippen LogP contribution in [0.4, 0.5) is 4.79 Å². The molecule has 4 atom stereocenters. The Hall–Kier alpha value is -2.75. The van der Waals surface area contributed by atoms with Crippen molar-refractivity contribution < 1.29 is 29.1 Å². The number of imide groups is 2. The zero-order valence-corrected chi connectivity index (χ0v) is 18.4. The van der Waals surface area contributed by atoms with Gasteiger partial charge in [0.1, 0.15) is 5.54 Å². The molecule has 10 heteroatoms. The summed E-state index contributed by atoms with van der Waals surface area (Å²) in [5.74, 6) is -3.76. The number of hydrogen-bond donors (Lipinski definition) is 4. The number of urea groups is 1. The molecule has 2 aliphatic heterocycles. The molecule has 0 aromatic heterocycles. The zero-order chi connectivity index (χ0) is 23.2. The second-order valence-electron chi connectivity index (χ2n) is 9.26. The van der Waals surface area contributed by atoms with Gasteiger partial charge in [0.25, 0.3) is 5.91 Å². The van der Waals surface area contributed by atoms with E-state index in [0.29, 0.717) is 42.9 Å². The zero-order valence-electron chi connectivity index (χ0n) is 18.4. The Balaban J connectivity index is 1.84. The second-order valence-corrected chi connectivity index (χ2v) is 9.26. The summed E-state index contributed by atoms with van der Waals surface area (Å²) in [6, 6.07) is -0.801. The van der Waals surface area contributed by atoms with Gasteiger partial charge < -0.3 is 15.7 Å². The first-order valence-corrected chi connectivity index (χ1v) is 11.3. The van der Waals surface area contributed by atoms with Gasteiger partial charge in [0.15, 0.2) is 0 Å². The van der Waals surface area contributed by atoms with E-state index < -0.39 is 47.0 Å². The minimum atomic E-state index is -1.69. The summed E-state index contributed by atoms with van der Waals surface area (Å²) in [6.45, 7) is 3.33. The van der Waals surface area contributed by atoms with E-state index in [1.165, 1.54) is 6.92 Å². The molecular weight excluding hydrogens is 416 g/mol. The molecular formula is C22H30N4O6. The minimum absolute atomic E-state index is 0.0872. The van der Waals surface area contributed by atoms with Gasteiger partial charge >= 0.3 is 6.03 Å². The fourth-order valence-corrected chi connectivity index (χ4v) is 5.57. The van der Waals surface area contributed by atoms with Crippen LogP contribution in [0, 0.1) is 23.7 Å². The molecule has 174 valence electrons. The van der Waals surface area contributed by atoms with Gasteiger partial charge in [0.2, 0.25) is 17.7 Å². The highest BCUT2D eigenvalue weighted by Crippen LogP contribution is 2.52. The molecule has 2 heterocycles. The normalized spacial score (nSPS) is 31.8. The van der Waals surface area contributed by atoms with E-state index in [4.69, 9.17) is 5.11 Å². The topological polar surface area (TPSA) is 145 Å². The van der Waals surface area contributed by atoms with Gasteiger partial charge in [-0.15, -0.1) is 0 Å². The van der Waals surface area contributed by atoms with Gasteiger partial charge in [0.05, 0.1) is 18.4 Å². The fourth-order valence-electron chi connectivity index (χ4n) is 5.57. The Morgan fingerprint density at radius 1 is 1.16 bits per heavy atom. The van der Waals surface area contributed by atoms with E-state index in [-0.39, 0.29) is 19.1 Å². The molecule has 2 saturated carbocycles. The summed E-state index contributed by atoms with van der Waals surface area (Å²) in [4.78, 5) is 66.5. The standard InChI is InChI=1S/C22H30N4O6/c1-3-12-13-6-7-14-15(18(29)25-17(14)28)16(13)22(2,20(31)24-10-11-4-5-11)26(19(12)30)21(32)23-8-9-27/h11,14-16,27H,3-10H2,1-2H3,(H,23,32)(H,24,31)(H,25,28,29)/t14-,15-,16+,22+/m1/s1. The Morgan fingerprint density at radius 3 is 2.50 bits per heavy atom. The maximum absolute atomic E-state index is 13.6. The van der Waals surface area contributed by atoms with Crippen LogP contribution in [0.5, 0.6) is 0 Å². The summed E-state index contributed by atoms with van der Waals surface area (Å²) in [5.41, 5.74) is -0.587. The monoisotopic (exact) mass is 446 g/mol. The average Bonchev–Trinajstić information content (AvgIpc) is 3.55. The van der Waals surface area contributed by atoms with Crippen molar-refractivity contribution in [3.8, 4) is 0 Å². The lowest BCUT2D eigenvalue weighted by molar-refractivity contribution is -0.149. The molecule has 1 saturated heterocycles. The van der Waals surface area contributed by atoms with Crippen molar-refractivity contribution in [3.05, 3.63) is 11.1 Å². The minimum Gasteiger partial charge on any atom is -0.395 e. The van der Waals surface area contributed by atoms with Crippen LogP contribution in [0.1, 0.15) is 46.0 Å². The molecule has 4 aliphatic rings. The van der Waals surface area contributed by atoms with Crippen molar-refractivity contribution in [3.63, 3.8) is 0 Å². The molecule has 0 unspecified atom stereocenters. The highest BCUT2D eigenvalue weighted by atomic mass is 16.3. The van der Waals surface area contributed by atoms with Crippen molar-refractivity contribution in [2.24, 2.45) is 23.7 Å². The average molecular weight is 447 g/mol. The highest BCUT2D eigenvalue weighted by Gasteiger charge is 2.64. The van der Waals surface area contributed by atoms with Gasteiger partial charge in [-0.2, -0.15) is 0 Å². The summed E-state index contributed by atoms with van der Waals surface area (Å²) >= 11 is 0. The predicted octanol–water partition coefficient (Wildman–Crippen LogP) is -0.179. The number of carbonyl (C=O) groups is 5. The van der Waals surface area contributed by atoms with Crippen LogP contribution < -0.4 is 16.0 Å². The smallest absolute Gasteiger partial charge is 0.325 e. The third-order valence-electron chi connectivity index (χ3n) is 7.35. The number of aliphatic hydroxyl groups is 1. The molecule has 0 spiro atoms. The molecule has 4 rings (SSSR count). The number of nitrogens with one attached hydrogen (secondary N) is 3. The molecule has 32 heavy (non-hydrogen) atoms. The molecule has 3 fully saturated rings. The van der Waals surface area contributed by atoms with Crippen LogP contribution in [0.15, 0.2) is 11.1 Å². The fraction of sp³-hybridized carbons (Fsp3) is 0.682. The third-order valence-corrected chi connectivity index (χ3v) is 7.35. The van der Waals surface area contributed by atoms with Crippen LogP contribution in [0.3, 0.4) is 0 Å². The number of rotatable bonds is 6. The van der Waals surface area contributed by atoms with Crippen LogP contribution >= 0.6 is 0 Å². The van der Waals surface area contributed by atoms with Crippen LogP contribution in [-0.4, -0.2) is 64.9 Å². The number of nitrogens with zero attached hydrogens (tertiary/aromatic N) is 1. The maximum atomic E-state index is 13.6. The molecule has 0 bridgehead atoms. The Morgan fingerprint density at radius 2 is 1.88 bits per heavy atom. The molecule has 10 nitrogen and oxygen atoms in total. The van der Waals surface area contributed by atoms with E-state index in [1.807, 2.05) is 0 Å². The lowest BCUT2D eigenvalue weighted by atomic mass is 9.59. The van der Waals surface area contributed by atoms with Crippen molar-refractivity contribution in [1.82, 2.24) is 20.9 Å². The van der Waals surface area contributed by atoms with Crippen LogP contribution in [0.2, 0.25) is 0 Å². The first-order chi connectivity index (χ1) is 15.2. The lowest BCUT2D eigenvalue weighted by Gasteiger charge is -2.52. The quantitative estimate of drug-likeness (QED) is 0.417. The van der Waals surface area contributed by atoms with Crippen LogP contribution in [0.25, 0.3) is 0 Å². The number of amides is 6. The molecule has 0 aromatic carbocycles. The van der Waals surface area contributed by atoms with E-state index in [2.05, 4.69) is 16.0 Å². The van der Waals surface area contributed by atoms with Gasteiger partial charge in [0, 0.05) is 24.6 Å². The van der Waals surface area contributed by atoms with Gasteiger partial charge in [-0.25, -0.2) is 9.69 Å². The first-order valence-electron chi connectivity index (χ1n) is 11.3. The molecule has 2 aliphatic carbocycles. The second kappa shape index (κ2) is 8.31. The Labute approximate surface area is 186 Å². The summed E-state index contributed by atoms with van der Waals surface area (Å²) in [7, 11) is 0. The van der Waals surface area contributed by atoms with Crippen LogP contribution in [-0.2, 0) is 19.2 Å². The third kappa shape index (κ3) is 3.41. The number of fused-ring (bicyclic) bond motifs is 3. The van der Waals surface area contributed by atoms with E-state index in [1.54, 1.807) is 6.92 Å². The summed E-state index contributed by atoms with van der Waals surface area (Å²) < 4.78 is 0. The van der Waals surface area contributed by atoms with Crippen molar-refractivity contribution in [2.75, 3.05) is 19.7 Å². The maximum Gasteiger partial charge on any atom is 0.325 e. The van der Waals surface area contributed by atoms with Crippen molar-refractivity contribution >= 4 is 29.7 Å². The molecule has 4 N–H and O–H groups in total. The number of hydrogen-bond acceptors (Lipinski definition) is 6. The van der Waals surface area contributed by atoms with Gasteiger partial charge in [-0.3, -0.25) is 24.5 Å². The van der Waals surface area contributed by atoms with Gasteiger partial charge in [-0.1, -0.05) is 12.5 Å². The molecule has 0 radical (unpaired) electrons. The van der Waals surface area contributed by atoms with E-state index >= 15 is 0 Å².